The zero-order valence-electron chi connectivity index (χ0n) is 14.5. The van der Waals surface area contributed by atoms with Gasteiger partial charge in [-0.05, 0) is 44.2 Å². The number of amides is 3. The lowest BCUT2D eigenvalue weighted by atomic mass is 10.2. The zero-order chi connectivity index (χ0) is 19.6. The van der Waals surface area contributed by atoms with Gasteiger partial charge in [-0.15, -0.1) is 0 Å². The molecule has 2 aromatic carbocycles. The van der Waals surface area contributed by atoms with Crippen LogP contribution in [0.25, 0.3) is 10.2 Å². The second-order valence-electron chi connectivity index (χ2n) is 6.01. The molecule has 1 aromatic heterocycles. The first kappa shape index (κ1) is 19.4. The number of hydrogen-bond acceptors (Lipinski definition) is 4. The minimum atomic E-state index is -0.399. The summed E-state index contributed by atoms with van der Waals surface area (Å²) >= 11 is 13.5. The van der Waals surface area contributed by atoms with Crippen molar-refractivity contribution in [3.05, 3.63) is 52.0 Å². The Hall–Kier alpha value is -2.35. The number of urea groups is 1. The quantitative estimate of drug-likeness (QED) is 0.527. The Morgan fingerprint density at radius 1 is 1.07 bits per heavy atom. The first-order chi connectivity index (χ1) is 12.8. The number of nitrogens with zero attached hydrogens (tertiary/aromatic N) is 1. The summed E-state index contributed by atoms with van der Waals surface area (Å²) in [5.41, 5.74) is 1.51. The van der Waals surface area contributed by atoms with Crippen molar-refractivity contribution in [2.24, 2.45) is 0 Å². The lowest BCUT2D eigenvalue weighted by Gasteiger charge is -2.08. The Morgan fingerprint density at radius 3 is 2.44 bits per heavy atom. The summed E-state index contributed by atoms with van der Waals surface area (Å²) in [5, 5.41) is 9.25. The van der Waals surface area contributed by atoms with Gasteiger partial charge in [0, 0.05) is 11.7 Å². The minimum absolute atomic E-state index is 0.0258. The number of anilines is 2. The number of carbonyl (C=O) groups excluding carboxylic acids is 2. The van der Waals surface area contributed by atoms with Crippen LogP contribution in [0.3, 0.4) is 0 Å². The van der Waals surface area contributed by atoms with Crippen molar-refractivity contribution in [3.63, 3.8) is 0 Å². The molecule has 3 amide bonds. The van der Waals surface area contributed by atoms with Crippen molar-refractivity contribution in [2.75, 3.05) is 10.6 Å². The third-order valence-electron chi connectivity index (χ3n) is 3.48. The summed E-state index contributed by atoms with van der Waals surface area (Å²) < 4.78 is 0.818. The SMILES string of the molecule is CC(C)NC(=O)Nc1nc2ccc(NC(=O)c3c(Cl)cccc3Cl)cc2s1. The van der Waals surface area contributed by atoms with E-state index in [1.165, 1.54) is 11.3 Å². The summed E-state index contributed by atoms with van der Waals surface area (Å²) in [5.74, 6) is -0.399. The molecule has 3 rings (SSSR count). The first-order valence-corrected chi connectivity index (χ1v) is 9.64. The number of thiazole rings is 1. The number of aromatic nitrogens is 1. The monoisotopic (exact) mass is 422 g/mol. The summed E-state index contributed by atoms with van der Waals surface area (Å²) in [7, 11) is 0. The van der Waals surface area contributed by atoms with Crippen LogP contribution >= 0.6 is 34.5 Å². The van der Waals surface area contributed by atoms with Crippen LogP contribution < -0.4 is 16.0 Å². The molecule has 9 heteroatoms. The van der Waals surface area contributed by atoms with Crippen molar-refractivity contribution >= 4 is 67.5 Å². The fourth-order valence-electron chi connectivity index (χ4n) is 2.36. The molecule has 0 radical (unpaired) electrons. The standard InChI is InChI=1S/C18H16Cl2N4O2S/c1-9(2)21-17(26)24-18-23-13-7-6-10(8-14(13)27-18)22-16(25)15-11(19)4-3-5-12(15)20/h3-9H,1-2H3,(H,22,25)(H2,21,23,24,26). The Balaban J connectivity index is 1.78. The number of fused-ring (bicyclic) bond motifs is 1. The summed E-state index contributed by atoms with van der Waals surface area (Å²) in [6.45, 7) is 3.75. The van der Waals surface area contributed by atoms with Crippen molar-refractivity contribution in [2.45, 2.75) is 19.9 Å². The Kier molecular flexibility index (Phi) is 5.84. The second kappa shape index (κ2) is 8.12. The van der Waals surface area contributed by atoms with E-state index in [0.29, 0.717) is 16.3 Å². The molecule has 0 aliphatic heterocycles. The summed E-state index contributed by atoms with van der Waals surface area (Å²) in [4.78, 5) is 28.6. The number of halogens is 2. The average Bonchev–Trinajstić information content (AvgIpc) is 2.95. The van der Waals surface area contributed by atoms with Gasteiger partial charge in [0.25, 0.3) is 5.91 Å². The van der Waals surface area contributed by atoms with Gasteiger partial charge in [0.1, 0.15) is 0 Å². The van der Waals surface area contributed by atoms with Crippen LogP contribution in [0, 0.1) is 0 Å². The molecule has 0 aliphatic rings. The Labute approximate surface area is 169 Å². The fourth-order valence-corrected chi connectivity index (χ4v) is 3.83. The molecule has 0 saturated heterocycles. The third-order valence-corrected chi connectivity index (χ3v) is 5.04. The molecule has 0 spiro atoms. The Bertz CT molecular complexity index is 1000. The maximum atomic E-state index is 12.5. The van der Waals surface area contributed by atoms with Gasteiger partial charge in [-0.2, -0.15) is 0 Å². The largest absolute Gasteiger partial charge is 0.336 e. The molecular weight excluding hydrogens is 407 g/mol. The molecule has 0 fully saturated rings. The predicted octanol–water partition coefficient (Wildman–Crippen LogP) is 5.39. The average molecular weight is 423 g/mol. The number of hydrogen-bond donors (Lipinski definition) is 3. The molecular formula is C18H16Cl2N4O2S. The number of rotatable bonds is 4. The highest BCUT2D eigenvalue weighted by molar-refractivity contribution is 7.22. The molecule has 27 heavy (non-hydrogen) atoms. The normalized spacial score (nSPS) is 10.9. The molecule has 0 aliphatic carbocycles. The van der Waals surface area contributed by atoms with Crippen LogP contribution in [0.5, 0.6) is 0 Å². The maximum absolute atomic E-state index is 12.5. The summed E-state index contributed by atoms with van der Waals surface area (Å²) in [6.07, 6.45) is 0. The van der Waals surface area contributed by atoms with Gasteiger partial charge in [-0.1, -0.05) is 40.6 Å². The molecule has 3 N–H and O–H groups in total. The van der Waals surface area contributed by atoms with Gasteiger partial charge in [-0.3, -0.25) is 10.1 Å². The zero-order valence-corrected chi connectivity index (χ0v) is 16.8. The van der Waals surface area contributed by atoms with Gasteiger partial charge in [0.05, 0.1) is 25.8 Å². The van der Waals surface area contributed by atoms with Gasteiger partial charge in [0.2, 0.25) is 0 Å². The number of benzene rings is 2. The third kappa shape index (κ3) is 4.68. The van der Waals surface area contributed by atoms with E-state index in [1.807, 2.05) is 13.8 Å². The van der Waals surface area contributed by atoms with Crippen LogP contribution in [0.15, 0.2) is 36.4 Å². The van der Waals surface area contributed by atoms with Crippen LogP contribution in [0.2, 0.25) is 10.0 Å². The number of carbonyl (C=O) groups is 2. The van der Waals surface area contributed by atoms with Crippen molar-refractivity contribution in [3.8, 4) is 0 Å². The molecule has 0 bridgehead atoms. The molecule has 0 saturated carbocycles. The molecule has 3 aromatic rings. The van der Waals surface area contributed by atoms with E-state index in [-0.39, 0.29) is 27.7 Å². The summed E-state index contributed by atoms with van der Waals surface area (Å²) in [6, 6.07) is 9.87. The smallest absolute Gasteiger partial charge is 0.321 e. The van der Waals surface area contributed by atoms with E-state index >= 15 is 0 Å². The van der Waals surface area contributed by atoms with Crippen molar-refractivity contribution < 1.29 is 9.59 Å². The van der Waals surface area contributed by atoms with E-state index < -0.39 is 5.91 Å². The van der Waals surface area contributed by atoms with Crippen LogP contribution in [-0.2, 0) is 0 Å². The first-order valence-electron chi connectivity index (χ1n) is 8.07. The van der Waals surface area contributed by atoms with Crippen LogP contribution in [0.4, 0.5) is 15.6 Å². The van der Waals surface area contributed by atoms with E-state index in [9.17, 15) is 9.59 Å². The molecule has 140 valence electrons. The van der Waals surface area contributed by atoms with Crippen LogP contribution in [-0.4, -0.2) is 23.0 Å². The van der Waals surface area contributed by atoms with Gasteiger partial charge >= 0.3 is 6.03 Å². The second-order valence-corrected chi connectivity index (χ2v) is 7.85. The van der Waals surface area contributed by atoms with Gasteiger partial charge < -0.3 is 10.6 Å². The number of nitrogens with one attached hydrogen (secondary N) is 3. The van der Waals surface area contributed by atoms with Crippen molar-refractivity contribution in [1.82, 2.24) is 10.3 Å². The van der Waals surface area contributed by atoms with E-state index in [1.54, 1.807) is 36.4 Å². The van der Waals surface area contributed by atoms with Crippen molar-refractivity contribution in [1.29, 1.82) is 0 Å². The van der Waals surface area contributed by atoms with E-state index in [4.69, 9.17) is 23.2 Å². The fraction of sp³-hybridized carbons (Fsp3) is 0.167. The topological polar surface area (TPSA) is 83.1 Å². The molecule has 6 nitrogen and oxygen atoms in total. The molecule has 0 atom stereocenters. The maximum Gasteiger partial charge on any atom is 0.321 e. The van der Waals surface area contributed by atoms with Gasteiger partial charge in [0.15, 0.2) is 5.13 Å². The van der Waals surface area contributed by atoms with Gasteiger partial charge in [-0.25, -0.2) is 9.78 Å². The minimum Gasteiger partial charge on any atom is -0.336 e. The van der Waals surface area contributed by atoms with E-state index in [0.717, 1.165) is 4.70 Å². The van der Waals surface area contributed by atoms with E-state index in [2.05, 4.69) is 20.9 Å². The highest BCUT2D eigenvalue weighted by Gasteiger charge is 2.15. The molecule has 1 heterocycles. The highest BCUT2D eigenvalue weighted by Crippen LogP contribution is 2.30. The van der Waals surface area contributed by atoms with Crippen LogP contribution in [0.1, 0.15) is 24.2 Å². The lowest BCUT2D eigenvalue weighted by Crippen LogP contribution is -2.34. The molecule has 0 unspecified atom stereocenters. The Morgan fingerprint density at radius 2 is 1.78 bits per heavy atom. The highest BCUT2D eigenvalue weighted by atomic mass is 35.5. The predicted molar refractivity (Wildman–Crippen MR) is 111 cm³/mol. The lowest BCUT2D eigenvalue weighted by molar-refractivity contribution is 0.102.